The number of nitrogens with two attached hydrogens (primary N) is 1. The molecule has 1 saturated heterocycles. The number of hydrogen-bond donors (Lipinski definition) is 1. The van der Waals surface area contributed by atoms with Crippen molar-refractivity contribution in [1.29, 1.82) is 0 Å². The van der Waals surface area contributed by atoms with Gasteiger partial charge in [0.2, 0.25) is 5.91 Å². The van der Waals surface area contributed by atoms with Gasteiger partial charge in [0.15, 0.2) is 5.13 Å². The van der Waals surface area contributed by atoms with Crippen molar-refractivity contribution in [2.24, 2.45) is 5.73 Å². The number of rotatable bonds is 2. The number of thiazole rings is 1. The number of amides is 1. The van der Waals surface area contributed by atoms with E-state index >= 15 is 0 Å². The maximum atomic E-state index is 11.9. The van der Waals surface area contributed by atoms with Gasteiger partial charge in [0.1, 0.15) is 0 Å². The number of aryl methyl sites for hydroxylation is 1. The number of anilines is 1. The number of carbonyl (C=O) groups is 1. The summed E-state index contributed by atoms with van der Waals surface area (Å²) in [6.45, 7) is 6.05. The van der Waals surface area contributed by atoms with Gasteiger partial charge in [-0.05, 0) is 20.3 Å². The molecule has 1 aliphatic rings. The fourth-order valence-electron chi connectivity index (χ4n) is 2.10. The van der Waals surface area contributed by atoms with E-state index in [1.54, 1.807) is 16.2 Å². The summed E-state index contributed by atoms with van der Waals surface area (Å²) < 4.78 is 0. The maximum Gasteiger partial charge on any atom is 0.241 e. The zero-order valence-corrected chi connectivity index (χ0v) is 12.0. The molecule has 2 rings (SSSR count). The van der Waals surface area contributed by atoms with E-state index in [1.165, 1.54) is 0 Å². The van der Waals surface area contributed by atoms with Gasteiger partial charge >= 0.3 is 0 Å². The van der Waals surface area contributed by atoms with E-state index in [9.17, 15) is 4.79 Å². The molecule has 0 radical (unpaired) electrons. The Morgan fingerprint density at radius 3 is 2.78 bits per heavy atom. The van der Waals surface area contributed by atoms with Gasteiger partial charge < -0.3 is 15.5 Å². The molecule has 0 saturated carbocycles. The Labute approximate surface area is 112 Å². The van der Waals surface area contributed by atoms with Crippen molar-refractivity contribution in [2.75, 3.05) is 31.6 Å². The van der Waals surface area contributed by atoms with Crippen molar-refractivity contribution in [3.8, 4) is 0 Å². The summed E-state index contributed by atoms with van der Waals surface area (Å²) in [5, 5.41) is 0.920. The van der Waals surface area contributed by atoms with Crippen LogP contribution in [0.2, 0.25) is 0 Å². The van der Waals surface area contributed by atoms with Crippen molar-refractivity contribution < 1.29 is 4.79 Å². The highest BCUT2D eigenvalue weighted by Crippen LogP contribution is 2.30. The van der Waals surface area contributed by atoms with Crippen LogP contribution in [0.1, 0.15) is 30.0 Å². The molecule has 2 N–H and O–H groups in total. The standard InChI is InChI=1S/C12H20N4OS/c1-8(13)11-9(2)14-12(18-11)16-6-4-5-15(3)10(17)7-16/h8H,4-7,13H2,1-3H3. The Bertz CT molecular complexity index is 443. The minimum Gasteiger partial charge on any atom is -0.344 e. The number of carbonyl (C=O) groups excluding carboxylic acids is 1. The van der Waals surface area contributed by atoms with Crippen LogP contribution in [0, 0.1) is 6.92 Å². The van der Waals surface area contributed by atoms with E-state index in [0.717, 1.165) is 35.2 Å². The first kappa shape index (κ1) is 13.3. The molecule has 0 spiro atoms. The first-order valence-electron chi connectivity index (χ1n) is 6.21. The molecule has 0 aliphatic carbocycles. The molecule has 18 heavy (non-hydrogen) atoms. The Morgan fingerprint density at radius 1 is 1.44 bits per heavy atom. The molecule has 2 heterocycles. The summed E-state index contributed by atoms with van der Waals surface area (Å²) in [4.78, 5) is 21.4. The van der Waals surface area contributed by atoms with Gasteiger partial charge in [-0.1, -0.05) is 0 Å². The molecule has 0 bridgehead atoms. The minimum absolute atomic E-state index is 0.00148. The lowest BCUT2D eigenvalue weighted by Gasteiger charge is -2.18. The molecule has 0 aromatic carbocycles. The molecule has 100 valence electrons. The second-order valence-corrected chi connectivity index (χ2v) is 5.83. The lowest BCUT2D eigenvalue weighted by Crippen LogP contribution is -2.34. The fraction of sp³-hybridized carbons (Fsp3) is 0.667. The average Bonchev–Trinajstić information content (AvgIpc) is 2.61. The number of likely N-dealkylation sites (N-methyl/N-ethyl adjacent to an activating group) is 1. The largest absolute Gasteiger partial charge is 0.344 e. The van der Waals surface area contributed by atoms with Crippen molar-refractivity contribution >= 4 is 22.4 Å². The Morgan fingerprint density at radius 2 is 2.17 bits per heavy atom. The predicted octanol–water partition coefficient (Wildman–Crippen LogP) is 1.14. The number of hydrogen-bond acceptors (Lipinski definition) is 5. The summed E-state index contributed by atoms with van der Waals surface area (Å²) in [5.74, 6) is 0.155. The molecule has 6 heteroatoms. The Hall–Kier alpha value is -1.14. The van der Waals surface area contributed by atoms with Gasteiger partial charge in [-0.25, -0.2) is 4.98 Å². The Kier molecular flexibility index (Phi) is 3.87. The van der Waals surface area contributed by atoms with Gasteiger partial charge in [-0.2, -0.15) is 0 Å². The number of aromatic nitrogens is 1. The van der Waals surface area contributed by atoms with Crippen LogP contribution in [0.25, 0.3) is 0 Å². The van der Waals surface area contributed by atoms with E-state index in [-0.39, 0.29) is 11.9 Å². The molecule has 1 amide bonds. The van der Waals surface area contributed by atoms with Crippen LogP contribution in [0.15, 0.2) is 0 Å². The summed E-state index contributed by atoms with van der Waals surface area (Å²) in [7, 11) is 1.85. The van der Waals surface area contributed by atoms with Crippen LogP contribution in [-0.4, -0.2) is 42.5 Å². The van der Waals surface area contributed by atoms with Crippen LogP contribution in [-0.2, 0) is 4.79 Å². The third-order valence-corrected chi connectivity index (χ3v) is 4.60. The maximum absolute atomic E-state index is 11.9. The van der Waals surface area contributed by atoms with E-state index in [0.29, 0.717) is 6.54 Å². The predicted molar refractivity (Wildman–Crippen MR) is 73.9 cm³/mol. The van der Waals surface area contributed by atoms with E-state index in [4.69, 9.17) is 5.73 Å². The van der Waals surface area contributed by atoms with Crippen LogP contribution in [0.3, 0.4) is 0 Å². The fourth-order valence-corrected chi connectivity index (χ4v) is 3.14. The van der Waals surface area contributed by atoms with Crippen molar-refractivity contribution in [3.63, 3.8) is 0 Å². The lowest BCUT2D eigenvalue weighted by atomic mass is 10.2. The third kappa shape index (κ3) is 2.64. The normalized spacial score (nSPS) is 19.0. The average molecular weight is 268 g/mol. The first-order chi connectivity index (χ1) is 8.49. The summed E-state index contributed by atoms with van der Waals surface area (Å²) >= 11 is 1.61. The molecule has 1 fully saturated rings. The van der Waals surface area contributed by atoms with Crippen LogP contribution >= 0.6 is 11.3 Å². The highest BCUT2D eigenvalue weighted by atomic mass is 32.1. The first-order valence-corrected chi connectivity index (χ1v) is 7.02. The van der Waals surface area contributed by atoms with Crippen molar-refractivity contribution in [3.05, 3.63) is 10.6 Å². The van der Waals surface area contributed by atoms with Crippen LogP contribution < -0.4 is 10.6 Å². The van der Waals surface area contributed by atoms with Crippen molar-refractivity contribution in [1.82, 2.24) is 9.88 Å². The minimum atomic E-state index is 0.00148. The second kappa shape index (κ2) is 5.24. The molecular weight excluding hydrogens is 248 g/mol. The molecular formula is C12H20N4OS. The Balaban J connectivity index is 2.20. The van der Waals surface area contributed by atoms with Gasteiger partial charge in [-0.3, -0.25) is 4.79 Å². The van der Waals surface area contributed by atoms with Crippen molar-refractivity contribution in [2.45, 2.75) is 26.3 Å². The summed E-state index contributed by atoms with van der Waals surface area (Å²) in [6, 6.07) is 0.00148. The molecule has 1 unspecified atom stereocenters. The highest BCUT2D eigenvalue weighted by molar-refractivity contribution is 7.15. The monoisotopic (exact) mass is 268 g/mol. The smallest absolute Gasteiger partial charge is 0.241 e. The molecule has 1 aromatic heterocycles. The van der Waals surface area contributed by atoms with Crippen LogP contribution in [0.5, 0.6) is 0 Å². The number of nitrogens with zero attached hydrogens (tertiary/aromatic N) is 3. The topological polar surface area (TPSA) is 62.5 Å². The molecule has 1 atom stereocenters. The van der Waals surface area contributed by atoms with E-state index in [2.05, 4.69) is 9.88 Å². The summed E-state index contributed by atoms with van der Waals surface area (Å²) in [5.41, 5.74) is 6.90. The van der Waals surface area contributed by atoms with E-state index in [1.807, 2.05) is 20.9 Å². The second-order valence-electron chi connectivity index (χ2n) is 4.83. The van der Waals surface area contributed by atoms with Gasteiger partial charge in [-0.15, -0.1) is 11.3 Å². The summed E-state index contributed by atoms with van der Waals surface area (Å²) in [6.07, 6.45) is 0.981. The quantitative estimate of drug-likeness (QED) is 0.873. The zero-order valence-electron chi connectivity index (χ0n) is 11.1. The lowest BCUT2D eigenvalue weighted by molar-refractivity contribution is -0.127. The molecule has 1 aromatic rings. The van der Waals surface area contributed by atoms with Gasteiger partial charge in [0.25, 0.3) is 0 Å². The van der Waals surface area contributed by atoms with E-state index < -0.39 is 0 Å². The van der Waals surface area contributed by atoms with Crippen LogP contribution in [0.4, 0.5) is 5.13 Å². The highest BCUT2D eigenvalue weighted by Gasteiger charge is 2.22. The van der Waals surface area contributed by atoms with Gasteiger partial charge in [0, 0.05) is 31.1 Å². The molecule has 5 nitrogen and oxygen atoms in total. The molecule has 1 aliphatic heterocycles. The third-order valence-electron chi connectivity index (χ3n) is 3.18. The van der Waals surface area contributed by atoms with Gasteiger partial charge in [0.05, 0.1) is 12.2 Å². The SMILES string of the molecule is Cc1nc(N2CCCN(C)C(=O)C2)sc1C(C)N. The zero-order chi connectivity index (χ0) is 13.3.